The van der Waals surface area contributed by atoms with Crippen LogP contribution in [0, 0.1) is 5.92 Å². The van der Waals surface area contributed by atoms with Crippen molar-refractivity contribution >= 4 is 5.91 Å². The van der Waals surface area contributed by atoms with Crippen molar-refractivity contribution in [2.75, 3.05) is 32.7 Å². The monoisotopic (exact) mass is 293 g/mol. The summed E-state index contributed by atoms with van der Waals surface area (Å²) in [6.07, 6.45) is 8.62. The van der Waals surface area contributed by atoms with Gasteiger partial charge in [0.25, 0.3) is 0 Å². The molecule has 0 saturated carbocycles. The second-order valence-electron chi connectivity index (χ2n) is 7.13. The Bertz CT molecular complexity index is 354. The van der Waals surface area contributed by atoms with Crippen LogP contribution in [0.25, 0.3) is 0 Å². The van der Waals surface area contributed by atoms with Crippen LogP contribution in [0.5, 0.6) is 0 Å². The molecule has 0 bridgehead atoms. The molecule has 0 spiro atoms. The summed E-state index contributed by atoms with van der Waals surface area (Å²) in [5.41, 5.74) is 0. The first-order valence-corrected chi connectivity index (χ1v) is 9.04. The highest BCUT2D eigenvalue weighted by Gasteiger charge is 2.34. The van der Waals surface area contributed by atoms with Gasteiger partial charge < -0.3 is 10.2 Å². The highest BCUT2D eigenvalue weighted by molar-refractivity contribution is 5.82. The van der Waals surface area contributed by atoms with Crippen LogP contribution in [0.4, 0.5) is 0 Å². The van der Waals surface area contributed by atoms with Gasteiger partial charge in [0.05, 0.1) is 6.04 Å². The van der Waals surface area contributed by atoms with Crippen molar-refractivity contribution in [3.8, 4) is 0 Å². The number of hydrogen-bond acceptors (Lipinski definition) is 3. The third-order valence-electron chi connectivity index (χ3n) is 5.75. The fourth-order valence-electron chi connectivity index (χ4n) is 4.34. The summed E-state index contributed by atoms with van der Waals surface area (Å²) < 4.78 is 0. The van der Waals surface area contributed by atoms with Gasteiger partial charge in [-0.05, 0) is 64.1 Å². The topological polar surface area (TPSA) is 35.6 Å². The van der Waals surface area contributed by atoms with Crippen LogP contribution in [0.3, 0.4) is 0 Å². The smallest absolute Gasteiger partial charge is 0.239 e. The minimum atomic E-state index is 0.0843. The average Bonchev–Trinajstić information content (AvgIpc) is 3.09. The van der Waals surface area contributed by atoms with Gasteiger partial charge in [0, 0.05) is 19.1 Å². The van der Waals surface area contributed by atoms with E-state index in [1.165, 1.54) is 51.6 Å². The molecule has 3 rings (SSSR count). The van der Waals surface area contributed by atoms with Gasteiger partial charge in [-0.2, -0.15) is 0 Å². The zero-order valence-corrected chi connectivity index (χ0v) is 13.5. The predicted octanol–water partition coefficient (Wildman–Crippen LogP) is 1.85. The lowest BCUT2D eigenvalue weighted by molar-refractivity contribution is -0.136. The van der Waals surface area contributed by atoms with Crippen LogP contribution >= 0.6 is 0 Å². The SMILES string of the molecule is CCC1CCNC(C(=O)N2CCCC(N3CCCC3)C2)C1. The summed E-state index contributed by atoms with van der Waals surface area (Å²) in [6.45, 7) is 7.69. The second kappa shape index (κ2) is 7.10. The second-order valence-corrected chi connectivity index (χ2v) is 7.13. The molecule has 0 aromatic carbocycles. The fraction of sp³-hybridized carbons (Fsp3) is 0.941. The molecule has 4 nitrogen and oxygen atoms in total. The Morgan fingerprint density at radius 2 is 1.95 bits per heavy atom. The average molecular weight is 293 g/mol. The Morgan fingerprint density at radius 1 is 1.14 bits per heavy atom. The largest absolute Gasteiger partial charge is 0.340 e. The first kappa shape index (κ1) is 15.3. The van der Waals surface area contributed by atoms with Gasteiger partial charge in [0.2, 0.25) is 5.91 Å². The number of nitrogens with one attached hydrogen (secondary N) is 1. The van der Waals surface area contributed by atoms with Crippen LogP contribution in [0.15, 0.2) is 0 Å². The van der Waals surface area contributed by atoms with E-state index in [1.807, 2.05) is 0 Å². The molecule has 0 aliphatic carbocycles. The first-order chi connectivity index (χ1) is 10.3. The molecule has 3 aliphatic heterocycles. The van der Waals surface area contributed by atoms with Gasteiger partial charge in [0.15, 0.2) is 0 Å². The third-order valence-corrected chi connectivity index (χ3v) is 5.75. The molecule has 1 amide bonds. The molecular formula is C17H31N3O. The van der Waals surface area contributed by atoms with Crippen molar-refractivity contribution < 1.29 is 4.79 Å². The molecule has 4 heteroatoms. The Balaban J connectivity index is 1.56. The molecule has 3 heterocycles. The van der Waals surface area contributed by atoms with E-state index in [2.05, 4.69) is 22.0 Å². The standard InChI is InChI=1S/C17H31N3O/c1-2-14-7-8-18-16(12-14)17(21)20-11-5-6-15(13-20)19-9-3-4-10-19/h14-16,18H,2-13H2,1H3. The molecule has 120 valence electrons. The molecular weight excluding hydrogens is 262 g/mol. The number of carbonyl (C=O) groups is 1. The molecule has 1 N–H and O–H groups in total. The van der Waals surface area contributed by atoms with Gasteiger partial charge in [-0.3, -0.25) is 9.69 Å². The lowest BCUT2D eigenvalue weighted by atomic mass is 9.89. The van der Waals surface area contributed by atoms with E-state index in [4.69, 9.17) is 0 Å². The fourth-order valence-corrected chi connectivity index (χ4v) is 4.34. The lowest BCUT2D eigenvalue weighted by Gasteiger charge is -2.40. The van der Waals surface area contributed by atoms with Gasteiger partial charge in [-0.1, -0.05) is 13.3 Å². The molecule has 3 fully saturated rings. The van der Waals surface area contributed by atoms with E-state index < -0.39 is 0 Å². The summed E-state index contributed by atoms with van der Waals surface area (Å²) >= 11 is 0. The number of likely N-dealkylation sites (tertiary alicyclic amines) is 2. The van der Waals surface area contributed by atoms with E-state index >= 15 is 0 Å². The van der Waals surface area contributed by atoms with E-state index in [0.717, 1.165) is 32.0 Å². The molecule has 0 aromatic heterocycles. The van der Waals surface area contributed by atoms with E-state index in [-0.39, 0.29) is 6.04 Å². The molecule has 0 aromatic rings. The van der Waals surface area contributed by atoms with E-state index in [0.29, 0.717) is 11.9 Å². The lowest BCUT2D eigenvalue weighted by Crippen LogP contribution is -2.55. The Morgan fingerprint density at radius 3 is 2.71 bits per heavy atom. The number of hydrogen-bond donors (Lipinski definition) is 1. The van der Waals surface area contributed by atoms with Crippen molar-refractivity contribution in [1.82, 2.24) is 15.1 Å². The maximum Gasteiger partial charge on any atom is 0.239 e. The first-order valence-electron chi connectivity index (χ1n) is 9.04. The van der Waals surface area contributed by atoms with Crippen molar-refractivity contribution in [1.29, 1.82) is 0 Å². The predicted molar refractivity (Wildman–Crippen MR) is 85.2 cm³/mol. The normalized spacial score (nSPS) is 35.1. The Hall–Kier alpha value is -0.610. The molecule has 3 unspecified atom stereocenters. The van der Waals surface area contributed by atoms with Gasteiger partial charge in [0.1, 0.15) is 0 Å². The van der Waals surface area contributed by atoms with E-state index in [1.54, 1.807) is 0 Å². The zero-order chi connectivity index (χ0) is 14.7. The van der Waals surface area contributed by atoms with Crippen LogP contribution in [0.2, 0.25) is 0 Å². The highest BCUT2D eigenvalue weighted by Crippen LogP contribution is 2.24. The molecule has 21 heavy (non-hydrogen) atoms. The quantitative estimate of drug-likeness (QED) is 0.862. The summed E-state index contributed by atoms with van der Waals surface area (Å²) in [7, 11) is 0. The summed E-state index contributed by atoms with van der Waals surface area (Å²) in [5, 5.41) is 3.46. The third kappa shape index (κ3) is 3.59. The maximum atomic E-state index is 12.8. The van der Waals surface area contributed by atoms with Crippen molar-refractivity contribution in [2.45, 2.75) is 64.0 Å². The molecule has 3 saturated heterocycles. The number of carbonyl (C=O) groups excluding carboxylic acids is 1. The number of rotatable bonds is 3. The van der Waals surface area contributed by atoms with Crippen molar-refractivity contribution in [3.05, 3.63) is 0 Å². The summed E-state index contributed by atoms with van der Waals surface area (Å²) in [6, 6.07) is 0.705. The Kier molecular flexibility index (Phi) is 5.17. The molecule has 3 atom stereocenters. The minimum Gasteiger partial charge on any atom is -0.340 e. The van der Waals surface area contributed by atoms with Crippen molar-refractivity contribution in [2.24, 2.45) is 5.92 Å². The van der Waals surface area contributed by atoms with Crippen LogP contribution in [-0.4, -0.2) is 60.5 Å². The summed E-state index contributed by atoms with van der Waals surface area (Å²) in [4.78, 5) is 17.6. The van der Waals surface area contributed by atoms with Crippen molar-refractivity contribution in [3.63, 3.8) is 0 Å². The number of amides is 1. The molecule has 3 aliphatic rings. The van der Waals surface area contributed by atoms with Gasteiger partial charge in [-0.25, -0.2) is 0 Å². The van der Waals surface area contributed by atoms with Gasteiger partial charge >= 0.3 is 0 Å². The van der Waals surface area contributed by atoms with Crippen LogP contribution in [-0.2, 0) is 4.79 Å². The Labute approximate surface area is 129 Å². The number of piperidine rings is 2. The van der Waals surface area contributed by atoms with Crippen LogP contribution in [0.1, 0.15) is 51.9 Å². The van der Waals surface area contributed by atoms with Gasteiger partial charge in [-0.15, -0.1) is 0 Å². The van der Waals surface area contributed by atoms with E-state index in [9.17, 15) is 4.79 Å². The molecule has 0 radical (unpaired) electrons. The zero-order valence-electron chi connectivity index (χ0n) is 13.5. The highest BCUT2D eigenvalue weighted by atomic mass is 16.2. The number of nitrogens with zero attached hydrogens (tertiary/aromatic N) is 2. The minimum absolute atomic E-state index is 0.0843. The van der Waals surface area contributed by atoms with Crippen LogP contribution < -0.4 is 5.32 Å². The maximum absolute atomic E-state index is 12.8. The summed E-state index contributed by atoms with van der Waals surface area (Å²) in [5.74, 6) is 1.11.